The average molecular weight is 567 g/mol. The minimum atomic E-state index is -0.613. The van der Waals surface area contributed by atoms with E-state index in [-0.39, 0.29) is 37.4 Å². The van der Waals surface area contributed by atoms with E-state index in [2.05, 4.69) is 16.8 Å². The van der Waals surface area contributed by atoms with Crippen molar-refractivity contribution in [3.05, 3.63) is 83.4 Å². The van der Waals surface area contributed by atoms with E-state index in [9.17, 15) is 14.7 Å². The summed E-state index contributed by atoms with van der Waals surface area (Å²) < 4.78 is 23.6. The van der Waals surface area contributed by atoms with Crippen LogP contribution in [0, 0.1) is 0 Å². The summed E-state index contributed by atoms with van der Waals surface area (Å²) in [4.78, 5) is 26.9. The van der Waals surface area contributed by atoms with Crippen LogP contribution in [-0.4, -0.2) is 59.5 Å². The molecule has 2 aromatic carbocycles. The van der Waals surface area contributed by atoms with Crippen LogP contribution >= 0.6 is 0 Å². The summed E-state index contributed by atoms with van der Waals surface area (Å²) in [6.45, 7) is 11.1. The van der Waals surface area contributed by atoms with E-state index in [1.807, 2.05) is 69.3 Å². The molecule has 4 atom stereocenters. The fraction of sp³-hybridized carbons (Fsp3) is 0.500. The highest BCUT2D eigenvalue weighted by Gasteiger charge is 2.38. The molecule has 4 rings (SSSR count). The molecule has 41 heavy (non-hydrogen) atoms. The molecule has 2 aliphatic rings. The first kappa shape index (κ1) is 30.7. The molecule has 0 radical (unpaired) electrons. The maximum Gasteiger partial charge on any atom is 0.407 e. The molecule has 2 aliphatic heterocycles. The van der Waals surface area contributed by atoms with E-state index in [1.165, 1.54) is 6.08 Å². The lowest BCUT2D eigenvalue weighted by atomic mass is 9.99. The molecule has 0 bridgehead atoms. The third kappa shape index (κ3) is 8.87. The number of hydrogen-bond donors (Lipinski definition) is 2. The molecule has 2 saturated heterocycles. The van der Waals surface area contributed by atoms with Crippen LogP contribution in [0.2, 0.25) is 0 Å². The second-order valence-corrected chi connectivity index (χ2v) is 11.5. The van der Waals surface area contributed by atoms with Crippen LogP contribution < -0.4 is 5.32 Å². The lowest BCUT2D eigenvalue weighted by Gasteiger charge is -2.38. The minimum absolute atomic E-state index is 0.0195. The van der Waals surface area contributed by atoms with Crippen LogP contribution in [0.1, 0.15) is 74.7 Å². The number of alkyl carbamates (subject to hydrolysis) is 1. The maximum atomic E-state index is 12.9. The molecular formula is C32H42N2O7. The molecule has 222 valence electrons. The van der Waals surface area contributed by atoms with Gasteiger partial charge in [-0.1, -0.05) is 61.2 Å². The Labute approximate surface area is 242 Å². The minimum Gasteiger partial charge on any atom is -0.459 e. The molecule has 2 N–H and O–H groups in total. The van der Waals surface area contributed by atoms with E-state index in [0.717, 1.165) is 41.6 Å². The lowest BCUT2D eigenvalue weighted by molar-refractivity contribution is -0.253. The number of aliphatic hydroxyl groups is 1. The van der Waals surface area contributed by atoms with Crippen molar-refractivity contribution in [3.63, 3.8) is 0 Å². The quantitative estimate of drug-likeness (QED) is 0.308. The van der Waals surface area contributed by atoms with Gasteiger partial charge in [-0.25, -0.2) is 4.79 Å². The molecule has 0 aliphatic carbocycles. The zero-order valence-electron chi connectivity index (χ0n) is 24.2. The summed E-state index contributed by atoms with van der Waals surface area (Å²) in [6, 6.07) is 15.2. The summed E-state index contributed by atoms with van der Waals surface area (Å²) in [7, 11) is 0. The van der Waals surface area contributed by atoms with Gasteiger partial charge in [-0.2, -0.15) is 0 Å². The Bertz CT molecular complexity index is 1160. The van der Waals surface area contributed by atoms with Gasteiger partial charge in [0.1, 0.15) is 18.2 Å². The Kier molecular flexibility index (Phi) is 10.6. The monoisotopic (exact) mass is 566 g/mol. The van der Waals surface area contributed by atoms with Gasteiger partial charge in [0, 0.05) is 25.1 Å². The Morgan fingerprint density at radius 2 is 1.76 bits per heavy atom. The third-order valence-electron chi connectivity index (χ3n) is 7.12. The SMILES string of the molecule is C=CCOC(=O)NCc1ccc(C2OC(CN3CCCC3C(=O)OC(C)(C)C)CC(c3ccc(CO)cc3)O2)cc1. The number of ether oxygens (including phenoxy) is 4. The summed E-state index contributed by atoms with van der Waals surface area (Å²) in [5.41, 5.74) is 3.07. The Morgan fingerprint density at radius 3 is 2.41 bits per heavy atom. The van der Waals surface area contributed by atoms with Gasteiger partial charge in [0.15, 0.2) is 6.29 Å². The molecule has 1 amide bonds. The number of nitrogens with one attached hydrogen (secondary N) is 1. The number of hydrogen-bond acceptors (Lipinski definition) is 8. The van der Waals surface area contributed by atoms with Crippen molar-refractivity contribution in [1.82, 2.24) is 10.2 Å². The van der Waals surface area contributed by atoms with Gasteiger partial charge in [0.25, 0.3) is 0 Å². The van der Waals surface area contributed by atoms with Crippen LogP contribution in [0.3, 0.4) is 0 Å². The highest BCUT2D eigenvalue weighted by atomic mass is 16.7. The van der Waals surface area contributed by atoms with Gasteiger partial charge >= 0.3 is 12.1 Å². The Morgan fingerprint density at radius 1 is 1.07 bits per heavy atom. The fourth-order valence-corrected chi connectivity index (χ4v) is 5.13. The molecule has 2 heterocycles. The van der Waals surface area contributed by atoms with Gasteiger partial charge in [-0.15, -0.1) is 0 Å². The normalized spacial score (nSPS) is 23.1. The molecule has 0 saturated carbocycles. The molecule has 2 fully saturated rings. The van der Waals surface area contributed by atoms with Crippen LogP contribution in [0.5, 0.6) is 0 Å². The largest absolute Gasteiger partial charge is 0.459 e. The van der Waals surface area contributed by atoms with Crippen molar-refractivity contribution in [2.45, 2.75) is 83.3 Å². The van der Waals surface area contributed by atoms with Gasteiger partial charge in [-0.05, 0) is 56.8 Å². The van der Waals surface area contributed by atoms with E-state index in [4.69, 9.17) is 18.9 Å². The van der Waals surface area contributed by atoms with Crippen molar-refractivity contribution < 1.29 is 33.6 Å². The zero-order chi connectivity index (χ0) is 29.4. The predicted octanol–water partition coefficient (Wildman–Crippen LogP) is 4.94. The molecule has 9 nitrogen and oxygen atoms in total. The Balaban J connectivity index is 1.47. The maximum absolute atomic E-state index is 12.9. The van der Waals surface area contributed by atoms with Crippen molar-refractivity contribution in [1.29, 1.82) is 0 Å². The average Bonchev–Trinajstić information content (AvgIpc) is 3.42. The summed E-state index contributed by atoms with van der Waals surface area (Å²) in [5, 5.41) is 12.2. The van der Waals surface area contributed by atoms with Crippen molar-refractivity contribution in [3.8, 4) is 0 Å². The molecule has 0 aromatic heterocycles. The third-order valence-corrected chi connectivity index (χ3v) is 7.12. The van der Waals surface area contributed by atoms with Crippen LogP contribution in [-0.2, 0) is 36.9 Å². The first-order chi connectivity index (χ1) is 19.6. The van der Waals surface area contributed by atoms with E-state index in [1.54, 1.807) is 0 Å². The van der Waals surface area contributed by atoms with E-state index in [0.29, 0.717) is 19.5 Å². The molecule has 9 heteroatoms. The number of esters is 1. The number of aliphatic hydroxyl groups excluding tert-OH is 1. The summed E-state index contributed by atoms with van der Waals surface area (Å²) >= 11 is 0. The second kappa shape index (κ2) is 14.1. The standard InChI is InChI=1S/C32H42N2O7/c1-5-17-38-31(37)33-19-22-8-14-25(15-9-22)30-39-26(18-28(40-30)24-12-10-23(21-35)11-13-24)20-34-16-6-7-27(34)29(36)41-32(2,3)4/h5,8-15,26-28,30,35H,1,6-7,16-21H2,2-4H3,(H,33,37). The van der Waals surface area contributed by atoms with Gasteiger partial charge in [0.2, 0.25) is 0 Å². The topological polar surface area (TPSA) is 107 Å². The summed E-state index contributed by atoms with van der Waals surface area (Å²) in [6.07, 6.45) is 2.32. The molecule has 4 unspecified atom stereocenters. The highest BCUT2D eigenvalue weighted by molar-refractivity contribution is 5.76. The van der Waals surface area contributed by atoms with Gasteiger partial charge < -0.3 is 29.4 Å². The molecule has 2 aromatic rings. The number of carbonyl (C=O) groups excluding carboxylic acids is 2. The summed E-state index contributed by atoms with van der Waals surface area (Å²) in [5.74, 6) is -0.188. The van der Waals surface area contributed by atoms with Crippen molar-refractivity contribution >= 4 is 12.1 Å². The lowest BCUT2D eigenvalue weighted by Crippen LogP contribution is -2.45. The number of nitrogens with zero attached hydrogens (tertiary/aromatic N) is 1. The fourth-order valence-electron chi connectivity index (χ4n) is 5.13. The molecular weight excluding hydrogens is 524 g/mol. The number of rotatable bonds is 10. The zero-order valence-corrected chi connectivity index (χ0v) is 24.2. The van der Waals surface area contributed by atoms with Gasteiger partial charge in [-0.3, -0.25) is 9.69 Å². The smallest absolute Gasteiger partial charge is 0.407 e. The highest BCUT2D eigenvalue weighted by Crippen LogP contribution is 2.39. The van der Waals surface area contributed by atoms with E-state index >= 15 is 0 Å². The van der Waals surface area contributed by atoms with Crippen molar-refractivity contribution in [2.24, 2.45) is 0 Å². The van der Waals surface area contributed by atoms with Crippen LogP contribution in [0.25, 0.3) is 0 Å². The van der Waals surface area contributed by atoms with Crippen LogP contribution in [0.15, 0.2) is 61.2 Å². The number of carbonyl (C=O) groups is 2. The van der Waals surface area contributed by atoms with Gasteiger partial charge in [0.05, 0.1) is 18.8 Å². The first-order valence-corrected chi connectivity index (χ1v) is 14.2. The van der Waals surface area contributed by atoms with E-state index < -0.39 is 18.0 Å². The number of benzene rings is 2. The predicted molar refractivity (Wildman–Crippen MR) is 154 cm³/mol. The second-order valence-electron chi connectivity index (χ2n) is 11.5. The molecule has 0 spiro atoms. The first-order valence-electron chi connectivity index (χ1n) is 14.2. The number of amides is 1. The van der Waals surface area contributed by atoms with Crippen LogP contribution in [0.4, 0.5) is 4.79 Å². The Hall–Kier alpha value is -3.24. The number of likely N-dealkylation sites (tertiary alicyclic amines) is 1. The van der Waals surface area contributed by atoms with Crippen molar-refractivity contribution in [2.75, 3.05) is 19.7 Å².